The first-order valence-corrected chi connectivity index (χ1v) is 11.7. The number of hydrogen-bond acceptors (Lipinski definition) is 6. The SMILES string of the molecule is COc1ccc(NC(=O)CC2CS(=O)(=O)CC2CC(=O)Nc2ccc(OC)cc2)cc1. The van der Waals surface area contributed by atoms with Crippen molar-refractivity contribution in [2.45, 2.75) is 12.8 Å². The quantitative estimate of drug-likeness (QED) is 0.645. The average molecular weight is 447 g/mol. The highest BCUT2D eigenvalue weighted by molar-refractivity contribution is 7.91. The summed E-state index contributed by atoms with van der Waals surface area (Å²) in [5.74, 6) is -0.242. The van der Waals surface area contributed by atoms with Gasteiger partial charge in [0.15, 0.2) is 9.84 Å². The molecule has 2 unspecified atom stereocenters. The number of rotatable bonds is 8. The van der Waals surface area contributed by atoms with Crippen LogP contribution in [0.1, 0.15) is 12.8 Å². The Hall–Kier alpha value is -3.07. The Morgan fingerprint density at radius 1 is 0.774 bits per heavy atom. The zero-order valence-electron chi connectivity index (χ0n) is 17.5. The van der Waals surface area contributed by atoms with Gasteiger partial charge in [0.25, 0.3) is 0 Å². The third kappa shape index (κ3) is 6.45. The monoisotopic (exact) mass is 446 g/mol. The van der Waals surface area contributed by atoms with E-state index in [4.69, 9.17) is 9.47 Å². The van der Waals surface area contributed by atoms with Crippen molar-refractivity contribution in [3.05, 3.63) is 48.5 Å². The van der Waals surface area contributed by atoms with E-state index in [0.717, 1.165) is 0 Å². The summed E-state index contributed by atoms with van der Waals surface area (Å²) in [6.45, 7) is 0. The van der Waals surface area contributed by atoms with Crippen LogP contribution in [-0.4, -0.2) is 46.0 Å². The molecule has 1 aliphatic rings. The molecule has 1 saturated heterocycles. The predicted octanol–water partition coefficient (Wildman–Crippen LogP) is 2.72. The minimum Gasteiger partial charge on any atom is -0.497 e. The Labute approximate surface area is 181 Å². The first-order valence-electron chi connectivity index (χ1n) is 9.86. The molecule has 8 nitrogen and oxygen atoms in total. The van der Waals surface area contributed by atoms with Crippen molar-refractivity contribution >= 4 is 33.0 Å². The first-order chi connectivity index (χ1) is 14.8. The molecule has 0 spiro atoms. The molecule has 166 valence electrons. The van der Waals surface area contributed by atoms with Crippen LogP contribution >= 0.6 is 0 Å². The van der Waals surface area contributed by atoms with Crippen LogP contribution in [0.15, 0.2) is 48.5 Å². The predicted molar refractivity (Wildman–Crippen MR) is 118 cm³/mol. The molecule has 0 saturated carbocycles. The molecule has 0 aliphatic carbocycles. The molecular formula is C22H26N2O6S. The lowest BCUT2D eigenvalue weighted by atomic mass is 9.89. The minimum atomic E-state index is -3.29. The van der Waals surface area contributed by atoms with Gasteiger partial charge in [-0.1, -0.05) is 0 Å². The second-order valence-electron chi connectivity index (χ2n) is 7.56. The van der Waals surface area contributed by atoms with Gasteiger partial charge in [-0.2, -0.15) is 0 Å². The van der Waals surface area contributed by atoms with Crippen LogP contribution in [0.3, 0.4) is 0 Å². The number of sulfone groups is 1. The maximum Gasteiger partial charge on any atom is 0.224 e. The van der Waals surface area contributed by atoms with E-state index < -0.39 is 21.7 Å². The Balaban J connectivity index is 1.59. The van der Waals surface area contributed by atoms with Crippen LogP contribution < -0.4 is 20.1 Å². The highest BCUT2D eigenvalue weighted by atomic mass is 32.2. The normalized spacial score (nSPS) is 19.4. The van der Waals surface area contributed by atoms with Crippen molar-refractivity contribution in [3.8, 4) is 11.5 Å². The smallest absolute Gasteiger partial charge is 0.224 e. The van der Waals surface area contributed by atoms with Gasteiger partial charge in [0.05, 0.1) is 25.7 Å². The molecule has 2 aromatic carbocycles. The lowest BCUT2D eigenvalue weighted by Crippen LogP contribution is -2.25. The number of benzene rings is 2. The van der Waals surface area contributed by atoms with E-state index in [9.17, 15) is 18.0 Å². The van der Waals surface area contributed by atoms with Gasteiger partial charge in [-0.15, -0.1) is 0 Å². The van der Waals surface area contributed by atoms with Crippen molar-refractivity contribution in [2.75, 3.05) is 36.4 Å². The van der Waals surface area contributed by atoms with E-state index in [-0.39, 0.29) is 36.2 Å². The van der Waals surface area contributed by atoms with Gasteiger partial charge >= 0.3 is 0 Å². The van der Waals surface area contributed by atoms with Gasteiger partial charge < -0.3 is 20.1 Å². The van der Waals surface area contributed by atoms with Crippen molar-refractivity contribution in [1.82, 2.24) is 0 Å². The van der Waals surface area contributed by atoms with E-state index >= 15 is 0 Å². The van der Waals surface area contributed by atoms with Crippen LogP contribution in [-0.2, 0) is 19.4 Å². The minimum absolute atomic E-state index is 0.0335. The fraction of sp³-hybridized carbons (Fsp3) is 0.364. The summed E-state index contributed by atoms with van der Waals surface area (Å²) in [4.78, 5) is 24.9. The van der Waals surface area contributed by atoms with E-state index in [1.165, 1.54) is 0 Å². The topological polar surface area (TPSA) is 111 Å². The van der Waals surface area contributed by atoms with Gasteiger partial charge in [-0.05, 0) is 60.4 Å². The summed E-state index contributed by atoms with van der Waals surface area (Å²) in [7, 11) is -0.183. The maximum atomic E-state index is 12.5. The second kappa shape index (κ2) is 9.82. The number of methoxy groups -OCH3 is 2. The largest absolute Gasteiger partial charge is 0.497 e. The Kier molecular flexibility index (Phi) is 7.17. The third-order valence-electron chi connectivity index (χ3n) is 5.25. The maximum absolute atomic E-state index is 12.5. The standard InChI is InChI=1S/C22H26N2O6S/c1-29-19-7-3-17(4-8-19)23-21(25)11-15-13-31(27,28)14-16(15)12-22(26)24-18-5-9-20(30-2)10-6-18/h3-10,15-16H,11-14H2,1-2H3,(H,23,25)(H,24,26). The summed E-state index contributed by atoms with van der Waals surface area (Å²) in [5.41, 5.74) is 1.20. The number of carbonyl (C=O) groups is 2. The molecule has 1 fully saturated rings. The molecule has 1 heterocycles. The summed E-state index contributed by atoms with van der Waals surface area (Å²) in [5, 5.41) is 5.54. The molecular weight excluding hydrogens is 420 g/mol. The molecule has 2 aromatic rings. The van der Waals surface area contributed by atoms with Gasteiger partial charge in [-0.25, -0.2) is 8.42 Å². The number of carbonyl (C=O) groups excluding carboxylic acids is 2. The van der Waals surface area contributed by atoms with Gasteiger partial charge in [0, 0.05) is 24.2 Å². The van der Waals surface area contributed by atoms with Crippen LogP contribution in [0, 0.1) is 11.8 Å². The molecule has 2 atom stereocenters. The molecule has 0 aromatic heterocycles. The van der Waals surface area contributed by atoms with Crippen LogP contribution in [0.5, 0.6) is 11.5 Å². The number of hydrogen-bond donors (Lipinski definition) is 2. The highest BCUT2D eigenvalue weighted by Gasteiger charge is 2.39. The lowest BCUT2D eigenvalue weighted by molar-refractivity contribution is -0.119. The second-order valence-corrected chi connectivity index (χ2v) is 9.71. The van der Waals surface area contributed by atoms with Crippen molar-refractivity contribution in [2.24, 2.45) is 11.8 Å². The average Bonchev–Trinajstić information content (AvgIpc) is 3.01. The molecule has 0 bridgehead atoms. The van der Waals surface area contributed by atoms with Crippen molar-refractivity contribution in [3.63, 3.8) is 0 Å². The van der Waals surface area contributed by atoms with Crippen LogP contribution in [0.25, 0.3) is 0 Å². The summed E-state index contributed by atoms with van der Waals surface area (Å²) >= 11 is 0. The van der Waals surface area contributed by atoms with E-state index in [1.807, 2.05) is 0 Å². The van der Waals surface area contributed by atoms with Gasteiger partial charge in [0.2, 0.25) is 11.8 Å². The first kappa shape index (κ1) is 22.6. The van der Waals surface area contributed by atoms with E-state index in [2.05, 4.69) is 10.6 Å². The van der Waals surface area contributed by atoms with E-state index in [1.54, 1.807) is 62.8 Å². The highest BCUT2D eigenvalue weighted by Crippen LogP contribution is 2.31. The Bertz CT molecular complexity index is 941. The number of ether oxygens (including phenoxy) is 2. The van der Waals surface area contributed by atoms with Crippen LogP contribution in [0.2, 0.25) is 0 Å². The number of anilines is 2. The molecule has 2 N–H and O–H groups in total. The molecule has 31 heavy (non-hydrogen) atoms. The Morgan fingerprint density at radius 3 is 1.45 bits per heavy atom. The zero-order valence-corrected chi connectivity index (χ0v) is 18.3. The molecule has 9 heteroatoms. The van der Waals surface area contributed by atoms with Crippen molar-refractivity contribution < 1.29 is 27.5 Å². The molecule has 2 amide bonds. The fourth-order valence-electron chi connectivity index (χ4n) is 3.69. The molecule has 3 rings (SSSR count). The summed E-state index contributed by atoms with van der Waals surface area (Å²) in [6, 6.07) is 13.7. The number of nitrogens with one attached hydrogen (secondary N) is 2. The van der Waals surface area contributed by atoms with E-state index in [0.29, 0.717) is 22.9 Å². The summed E-state index contributed by atoms with van der Waals surface area (Å²) < 4.78 is 34.5. The molecule has 0 radical (unpaired) electrons. The summed E-state index contributed by atoms with van der Waals surface area (Å²) in [6.07, 6.45) is 0.0669. The lowest BCUT2D eigenvalue weighted by Gasteiger charge is -2.17. The molecule has 1 aliphatic heterocycles. The zero-order chi connectivity index (χ0) is 22.4. The third-order valence-corrected chi connectivity index (χ3v) is 7.12. The Morgan fingerprint density at radius 2 is 1.13 bits per heavy atom. The fourth-order valence-corrected chi connectivity index (χ4v) is 5.91. The van der Waals surface area contributed by atoms with Gasteiger partial charge in [-0.3, -0.25) is 9.59 Å². The van der Waals surface area contributed by atoms with Crippen molar-refractivity contribution in [1.29, 1.82) is 0 Å². The number of amides is 2. The van der Waals surface area contributed by atoms with Gasteiger partial charge in [0.1, 0.15) is 11.5 Å². The van der Waals surface area contributed by atoms with Crippen LogP contribution in [0.4, 0.5) is 11.4 Å².